The molecule has 0 aliphatic carbocycles. The van der Waals surface area contributed by atoms with Crippen molar-refractivity contribution in [3.63, 3.8) is 0 Å². The molecule has 5 heteroatoms. The fourth-order valence-corrected chi connectivity index (χ4v) is 2.21. The summed E-state index contributed by atoms with van der Waals surface area (Å²) in [4.78, 5) is 23.0. The van der Waals surface area contributed by atoms with Gasteiger partial charge in [-0.25, -0.2) is 4.79 Å². The summed E-state index contributed by atoms with van der Waals surface area (Å²) in [6.45, 7) is 2.10. The summed E-state index contributed by atoms with van der Waals surface area (Å²) in [5.74, 6) is -1.17. The van der Waals surface area contributed by atoms with Crippen LogP contribution in [0.4, 0.5) is 0 Å². The molecule has 0 amide bonds. The first-order valence-corrected chi connectivity index (χ1v) is 6.86. The van der Waals surface area contributed by atoms with E-state index in [0.29, 0.717) is 18.6 Å². The molecule has 0 saturated carbocycles. The molecule has 0 aliphatic rings. The number of aliphatic carboxylic acids is 1. The van der Waals surface area contributed by atoms with Crippen LogP contribution in [-0.4, -0.2) is 29.9 Å². The molecule has 0 heterocycles. The molecule has 4 nitrogen and oxygen atoms in total. The van der Waals surface area contributed by atoms with E-state index in [0.717, 1.165) is 10.5 Å². The maximum Gasteiger partial charge on any atom is 0.338 e. The summed E-state index contributed by atoms with van der Waals surface area (Å²) in [7, 11) is 0. The van der Waals surface area contributed by atoms with Crippen molar-refractivity contribution in [3.8, 4) is 0 Å². The fraction of sp³-hybridized carbons (Fsp3) is 0.385. The number of carboxylic acids is 1. The van der Waals surface area contributed by atoms with Gasteiger partial charge in [0.25, 0.3) is 0 Å². The topological polar surface area (TPSA) is 63.6 Å². The predicted octanol–water partition coefficient (Wildman–Crippen LogP) is 2.60. The third-order valence-electron chi connectivity index (χ3n) is 2.41. The molecular formula is C13H16O4S. The first kappa shape index (κ1) is 14.6. The third kappa shape index (κ3) is 4.07. The molecule has 1 aromatic carbocycles. The molecule has 1 N–H and O–H groups in total. The number of carbonyl (C=O) groups is 2. The van der Waals surface area contributed by atoms with Crippen LogP contribution in [0.2, 0.25) is 0 Å². The summed E-state index contributed by atoms with van der Waals surface area (Å²) in [6.07, 6.45) is 2.45. The first-order chi connectivity index (χ1) is 8.58. The van der Waals surface area contributed by atoms with Crippen LogP contribution in [0.5, 0.6) is 0 Å². The maximum absolute atomic E-state index is 11.6. The van der Waals surface area contributed by atoms with Gasteiger partial charge in [0.05, 0.1) is 12.2 Å². The lowest BCUT2D eigenvalue weighted by molar-refractivity contribution is -0.136. The van der Waals surface area contributed by atoms with Gasteiger partial charge < -0.3 is 9.84 Å². The zero-order chi connectivity index (χ0) is 13.5. The fourth-order valence-electron chi connectivity index (χ4n) is 1.53. The van der Waals surface area contributed by atoms with E-state index in [-0.39, 0.29) is 12.4 Å². The molecule has 1 aromatic rings. The smallest absolute Gasteiger partial charge is 0.338 e. The average molecular weight is 268 g/mol. The normalized spacial score (nSPS) is 10.1. The van der Waals surface area contributed by atoms with Crippen LogP contribution in [0, 0.1) is 0 Å². The molecule has 0 saturated heterocycles. The average Bonchev–Trinajstić information content (AvgIpc) is 2.36. The highest BCUT2D eigenvalue weighted by Crippen LogP contribution is 2.23. The van der Waals surface area contributed by atoms with Gasteiger partial charge in [0.1, 0.15) is 0 Å². The van der Waals surface area contributed by atoms with Gasteiger partial charge in [-0.15, -0.1) is 11.8 Å². The standard InChI is InChI=1S/C13H16O4S/c1-3-17-13(16)10-5-4-9(6-7-12(14)15)11(8-10)18-2/h4-5,8H,3,6-7H2,1-2H3,(H,14,15). The van der Waals surface area contributed by atoms with E-state index in [1.807, 2.05) is 6.26 Å². The van der Waals surface area contributed by atoms with Gasteiger partial charge in [-0.3, -0.25) is 4.79 Å². The van der Waals surface area contributed by atoms with E-state index >= 15 is 0 Å². The van der Waals surface area contributed by atoms with Crippen molar-refractivity contribution in [2.45, 2.75) is 24.7 Å². The Morgan fingerprint density at radius 1 is 1.39 bits per heavy atom. The maximum atomic E-state index is 11.6. The van der Waals surface area contributed by atoms with E-state index in [1.54, 1.807) is 25.1 Å². The minimum Gasteiger partial charge on any atom is -0.481 e. The van der Waals surface area contributed by atoms with E-state index in [4.69, 9.17) is 9.84 Å². The molecule has 0 bridgehead atoms. The Bertz CT molecular complexity index is 443. The molecule has 0 aromatic heterocycles. The Balaban J connectivity index is 2.89. The monoisotopic (exact) mass is 268 g/mol. The van der Waals surface area contributed by atoms with Gasteiger partial charge in [-0.2, -0.15) is 0 Å². The van der Waals surface area contributed by atoms with E-state index in [1.165, 1.54) is 11.8 Å². The summed E-state index contributed by atoms with van der Waals surface area (Å²) >= 11 is 1.50. The molecule has 0 spiro atoms. The Morgan fingerprint density at radius 2 is 2.11 bits per heavy atom. The zero-order valence-electron chi connectivity index (χ0n) is 10.4. The van der Waals surface area contributed by atoms with Crippen molar-refractivity contribution in [1.29, 1.82) is 0 Å². The number of carbonyl (C=O) groups excluding carboxylic acids is 1. The van der Waals surface area contributed by atoms with Crippen molar-refractivity contribution in [2.75, 3.05) is 12.9 Å². The Hall–Kier alpha value is -1.49. The van der Waals surface area contributed by atoms with Crippen LogP contribution in [-0.2, 0) is 16.0 Å². The number of hydrogen-bond acceptors (Lipinski definition) is 4. The van der Waals surface area contributed by atoms with E-state index in [9.17, 15) is 9.59 Å². The summed E-state index contributed by atoms with van der Waals surface area (Å²) in [5.41, 5.74) is 1.44. The largest absolute Gasteiger partial charge is 0.481 e. The minimum atomic E-state index is -0.823. The molecule has 98 valence electrons. The second kappa shape index (κ2) is 7.06. The van der Waals surface area contributed by atoms with Crippen LogP contribution in [0.3, 0.4) is 0 Å². The molecular weight excluding hydrogens is 252 g/mol. The Labute approximate surface area is 110 Å². The number of ether oxygens (including phenoxy) is 1. The lowest BCUT2D eigenvalue weighted by Crippen LogP contribution is -2.06. The van der Waals surface area contributed by atoms with E-state index < -0.39 is 5.97 Å². The lowest BCUT2D eigenvalue weighted by Gasteiger charge is -2.08. The van der Waals surface area contributed by atoms with Crippen LogP contribution < -0.4 is 0 Å². The van der Waals surface area contributed by atoms with Crippen LogP contribution >= 0.6 is 11.8 Å². The molecule has 18 heavy (non-hydrogen) atoms. The molecule has 1 rings (SSSR count). The molecule has 0 atom stereocenters. The molecule has 0 aliphatic heterocycles. The number of carboxylic acid groups (broad SMARTS) is 1. The van der Waals surface area contributed by atoms with Crippen LogP contribution in [0.25, 0.3) is 0 Å². The number of thioether (sulfide) groups is 1. The number of benzene rings is 1. The number of esters is 1. The van der Waals surface area contributed by atoms with Crippen molar-refractivity contribution < 1.29 is 19.4 Å². The highest BCUT2D eigenvalue weighted by atomic mass is 32.2. The number of aryl methyl sites for hydroxylation is 1. The lowest BCUT2D eigenvalue weighted by atomic mass is 10.1. The Morgan fingerprint density at radius 3 is 2.67 bits per heavy atom. The van der Waals surface area contributed by atoms with Crippen LogP contribution in [0.1, 0.15) is 29.3 Å². The van der Waals surface area contributed by atoms with Gasteiger partial charge >= 0.3 is 11.9 Å². The van der Waals surface area contributed by atoms with Crippen molar-refractivity contribution >= 4 is 23.7 Å². The highest BCUT2D eigenvalue weighted by Gasteiger charge is 2.10. The van der Waals surface area contributed by atoms with Gasteiger partial charge in [0.15, 0.2) is 0 Å². The van der Waals surface area contributed by atoms with Gasteiger partial charge in [0.2, 0.25) is 0 Å². The van der Waals surface area contributed by atoms with Gasteiger partial charge in [-0.1, -0.05) is 6.07 Å². The second-order valence-corrected chi connectivity index (χ2v) is 4.49. The SMILES string of the molecule is CCOC(=O)c1ccc(CCC(=O)O)c(SC)c1. The quantitative estimate of drug-likeness (QED) is 0.634. The summed E-state index contributed by atoms with van der Waals surface area (Å²) in [5, 5.41) is 8.67. The molecule has 0 unspecified atom stereocenters. The second-order valence-electron chi connectivity index (χ2n) is 3.64. The van der Waals surface area contributed by atoms with Crippen LogP contribution in [0.15, 0.2) is 23.1 Å². The Kier molecular flexibility index (Phi) is 5.71. The highest BCUT2D eigenvalue weighted by molar-refractivity contribution is 7.98. The molecule has 0 fully saturated rings. The van der Waals surface area contributed by atoms with E-state index in [2.05, 4.69) is 0 Å². The number of hydrogen-bond donors (Lipinski definition) is 1. The van der Waals surface area contributed by atoms with Gasteiger partial charge in [-0.05, 0) is 37.3 Å². The minimum absolute atomic E-state index is 0.0896. The first-order valence-electron chi connectivity index (χ1n) is 5.64. The van der Waals surface area contributed by atoms with Gasteiger partial charge in [0, 0.05) is 11.3 Å². The summed E-state index contributed by atoms with van der Waals surface area (Å²) in [6, 6.07) is 5.22. The molecule has 0 radical (unpaired) electrons. The predicted molar refractivity (Wildman–Crippen MR) is 70.1 cm³/mol. The summed E-state index contributed by atoms with van der Waals surface area (Å²) < 4.78 is 4.92. The van der Waals surface area contributed by atoms with Crippen molar-refractivity contribution in [1.82, 2.24) is 0 Å². The zero-order valence-corrected chi connectivity index (χ0v) is 11.3. The third-order valence-corrected chi connectivity index (χ3v) is 3.23. The van der Waals surface area contributed by atoms with Crippen molar-refractivity contribution in [2.24, 2.45) is 0 Å². The van der Waals surface area contributed by atoms with Crippen molar-refractivity contribution in [3.05, 3.63) is 29.3 Å². The number of rotatable bonds is 6.